The van der Waals surface area contributed by atoms with E-state index in [2.05, 4.69) is 34.8 Å². The molecule has 0 spiro atoms. The van der Waals surface area contributed by atoms with Gasteiger partial charge in [-0.3, -0.25) is 4.79 Å². The molecule has 0 fully saturated rings. The summed E-state index contributed by atoms with van der Waals surface area (Å²) in [6, 6.07) is 7.58. The van der Waals surface area contributed by atoms with Crippen LogP contribution in [-0.4, -0.2) is 10.9 Å². The quantitative estimate of drug-likeness (QED) is 0.887. The van der Waals surface area contributed by atoms with Crippen LogP contribution in [0.5, 0.6) is 0 Å². The molecule has 0 aliphatic rings. The summed E-state index contributed by atoms with van der Waals surface area (Å²) in [6.07, 6.45) is 0. The van der Waals surface area contributed by atoms with Gasteiger partial charge in [0.1, 0.15) is 0 Å². The molecule has 0 unspecified atom stereocenters. The number of amides is 1. The van der Waals surface area contributed by atoms with E-state index in [0.717, 1.165) is 22.2 Å². The maximum absolute atomic E-state index is 11.0. The van der Waals surface area contributed by atoms with Gasteiger partial charge in [-0.25, -0.2) is 4.98 Å². The molecular weight excluding hydrogens is 258 g/mol. The van der Waals surface area contributed by atoms with Crippen molar-refractivity contribution in [1.82, 2.24) is 4.98 Å². The van der Waals surface area contributed by atoms with E-state index in [1.54, 1.807) is 11.3 Å². The van der Waals surface area contributed by atoms with Crippen LogP contribution in [0.2, 0.25) is 0 Å². The first-order valence-electron chi connectivity index (χ1n) is 6.14. The Morgan fingerprint density at radius 3 is 2.68 bits per heavy atom. The average molecular weight is 275 g/mol. The zero-order valence-corrected chi connectivity index (χ0v) is 12.0. The Kier molecular flexibility index (Phi) is 4.16. The molecule has 4 nitrogen and oxygen atoms in total. The fraction of sp³-hybridized carbons (Fsp3) is 0.286. The van der Waals surface area contributed by atoms with Gasteiger partial charge in [0.25, 0.3) is 0 Å². The van der Waals surface area contributed by atoms with E-state index in [1.807, 2.05) is 24.3 Å². The highest BCUT2D eigenvalue weighted by atomic mass is 32.1. The Hall–Kier alpha value is -1.88. The Morgan fingerprint density at radius 2 is 2.05 bits per heavy atom. The van der Waals surface area contributed by atoms with Crippen LogP contribution in [0.15, 0.2) is 29.6 Å². The standard InChI is InChI=1S/C14H17N3OS/c1-9(2)13-8-19-14(17-13)16-12-6-4-5-11(7-12)15-10(3)18/h4-9H,1-3H3,(H,15,18)(H,16,17). The molecule has 0 aliphatic heterocycles. The lowest BCUT2D eigenvalue weighted by molar-refractivity contribution is -0.114. The van der Waals surface area contributed by atoms with Crippen LogP contribution in [0.4, 0.5) is 16.5 Å². The zero-order valence-electron chi connectivity index (χ0n) is 11.2. The molecule has 1 amide bonds. The summed E-state index contributed by atoms with van der Waals surface area (Å²) in [6.45, 7) is 5.74. The van der Waals surface area contributed by atoms with Gasteiger partial charge in [-0.1, -0.05) is 19.9 Å². The van der Waals surface area contributed by atoms with Crippen molar-refractivity contribution in [1.29, 1.82) is 0 Å². The number of rotatable bonds is 4. The second kappa shape index (κ2) is 5.84. The third-order valence-electron chi connectivity index (χ3n) is 2.55. The van der Waals surface area contributed by atoms with Gasteiger partial charge >= 0.3 is 0 Å². The summed E-state index contributed by atoms with van der Waals surface area (Å²) in [7, 11) is 0. The lowest BCUT2D eigenvalue weighted by Gasteiger charge is -2.06. The lowest BCUT2D eigenvalue weighted by Crippen LogP contribution is -2.05. The zero-order chi connectivity index (χ0) is 13.8. The van der Waals surface area contributed by atoms with Crippen LogP contribution >= 0.6 is 11.3 Å². The van der Waals surface area contributed by atoms with Gasteiger partial charge in [0.05, 0.1) is 5.69 Å². The first kappa shape index (κ1) is 13.5. The van der Waals surface area contributed by atoms with Crippen molar-refractivity contribution in [3.63, 3.8) is 0 Å². The molecule has 2 rings (SSSR count). The van der Waals surface area contributed by atoms with E-state index in [1.165, 1.54) is 6.92 Å². The molecule has 2 N–H and O–H groups in total. The number of nitrogens with zero attached hydrogens (tertiary/aromatic N) is 1. The van der Waals surface area contributed by atoms with E-state index in [4.69, 9.17) is 0 Å². The van der Waals surface area contributed by atoms with Crippen molar-refractivity contribution in [3.8, 4) is 0 Å². The lowest BCUT2D eigenvalue weighted by atomic mass is 10.2. The summed E-state index contributed by atoms with van der Waals surface area (Å²) in [5.74, 6) is 0.353. The Balaban J connectivity index is 2.11. The highest BCUT2D eigenvalue weighted by molar-refractivity contribution is 7.13. The summed E-state index contributed by atoms with van der Waals surface area (Å²) in [5, 5.41) is 8.93. The molecule has 1 aromatic carbocycles. The van der Waals surface area contributed by atoms with E-state index >= 15 is 0 Å². The number of hydrogen-bond donors (Lipinski definition) is 2. The van der Waals surface area contributed by atoms with Crippen LogP contribution in [0.3, 0.4) is 0 Å². The maximum atomic E-state index is 11.0. The Morgan fingerprint density at radius 1 is 1.32 bits per heavy atom. The summed E-state index contributed by atoms with van der Waals surface area (Å²) >= 11 is 1.58. The first-order chi connectivity index (χ1) is 9.04. The summed E-state index contributed by atoms with van der Waals surface area (Å²) < 4.78 is 0. The number of benzene rings is 1. The van der Waals surface area contributed by atoms with Crippen LogP contribution in [0.1, 0.15) is 32.4 Å². The molecule has 0 radical (unpaired) electrons. The van der Waals surface area contributed by atoms with Gasteiger partial charge < -0.3 is 10.6 Å². The molecule has 0 saturated carbocycles. The number of carbonyl (C=O) groups is 1. The van der Waals surface area contributed by atoms with E-state index in [0.29, 0.717) is 5.92 Å². The SMILES string of the molecule is CC(=O)Nc1cccc(Nc2nc(C(C)C)cs2)c1. The van der Waals surface area contributed by atoms with Crippen molar-refractivity contribution in [2.24, 2.45) is 0 Å². The van der Waals surface area contributed by atoms with Gasteiger partial charge in [0.15, 0.2) is 5.13 Å². The molecular formula is C14H17N3OS. The fourth-order valence-electron chi connectivity index (χ4n) is 1.61. The predicted octanol–water partition coefficient (Wildman–Crippen LogP) is 3.97. The van der Waals surface area contributed by atoms with Gasteiger partial charge in [-0.15, -0.1) is 11.3 Å². The van der Waals surface area contributed by atoms with Gasteiger partial charge in [-0.05, 0) is 24.1 Å². The molecule has 19 heavy (non-hydrogen) atoms. The van der Waals surface area contributed by atoms with E-state index in [9.17, 15) is 4.79 Å². The predicted molar refractivity (Wildman–Crippen MR) is 80.2 cm³/mol. The average Bonchev–Trinajstić information content (AvgIpc) is 2.77. The summed E-state index contributed by atoms with van der Waals surface area (Å²) in [4.78, 5) is 15.5. The van der Waals surface area contributed by atoms with Crippen molar-refractivity contribution >= 4 is 33.8 Å². The number of nitrogens with one attached hydrogen (secondary N) is 2. The minimum atomic E-state index is -0.0755. The van der Waals surface area contributed by atoms with Gasteiger partial charge in [-0.2, -0.15) is 0 Å². The van der Waals surface area contributed by atoms with Crippen LogP contribution in [0.25, 0.3) is 0 Å². The molecule has 0 saturated heterocycles. The van der Waals surface area contributed by atoms with Crippen LogP contribution in [0, 0.1) is 0 Å². The molecule has 0 atom stereocenters. The molecule has 100 valence electrons. The third-order valence-corrected chi connectivity index (χ3v) is 3.32. The van der Waals surface area contributed by atoms with Crippen molar-refractivity contribution in [2.45, 2.75) is 26.7 Å². The van der Waals surface area contributed by atoms with Crippen molar-refractivity contribution in [3.05, 3.63) is 35.3 Å². The second-order valence-corrected chi connectivity index (χ2v) is 5.48. The fourth-order valence-corrected chi connectivity index (χ4v) is 2.50. The van der Waals surface area contributed by atoms with Crippen LogP contribution < -0.4 is 10.6 Å². The molecule has 1 aromatic heterocycles. The maximum Gasteiger partial charge on any atom is 0.221 e. The minimum absolute atomic E-state index is 0.0755. The van der Waals surface area contributed by atoms with Gasteiger partial charge in [0.2, 0.25) is 5.91 Å². The Labute approximate surface area is 116 Å². The molecule has 0 aliphatic carbocycles. The number of aromatic nitrogens is 1. The number of hydrogen-bond acceptors (Lipinski definition) is 4. The smallest absolute Gasteiger partial charge is 0.221 e. The topological polar surface area (TPSA) is 54.0 Å². The Bertz CT molecular complexity index is 578. The van der Waals surface area contributed by atoms with Crippen molar-refractivity contribution in [2.75, 3.05) is 10.6 Å². The monoisotopic (exact) mass is 275 g/mol. The molecule has 1 heterocycles. The largest absolute Gasteiger partial charge is 0.331 e. The third kappa shape index (κ3) is 3.79. The first-order valence-corrected chi connectivity index (χ1v) is 7.02. The highest BCUT2D eigenvalue weighted by Gasteiger charge is 2.06. The van der Waals surface area contributed by atoms with Crippen LogP contribution in [-0.2, 0) is 4.79 Å². The van der Waals surface area contributed by atoms with E-state index in [-0.39, 0.29) is 5.91 Å². The second-order valence-electron chi connectivity index (χ2n) is 4.62. The van der Waals surface area contributed by atoms with E-state index < -0.39 is 0 Å². The molecule has 5 heteroatoms. The normalized spacial score (nSPS) is 10.5. The number of anilines is 3. The van der Waals surface area contributed by atoms with Gasteiger partial charge in [0, 0.05) is 23.7 Å². The molecule has 2 aromatic rings. The van der Waals surface area contributed by atoms with Crippen molar-refractivity contribution < 1.29 is 4.79 Å². The minimum Gasteiger partial charge on any atom is -0.331 e. The highest BCUT2D eigenvalue weighted by Crippen LogP contribution is 2.25. The number of carbonyl (C=O) groups excluding carboxylic acids is 1. The number of thiazole rings is 1. The summed E-state index contributed by atoms with van der Waals surface area (Å²) in [5.41, 5.74) is 2.78. The molecule has 0 bridgehead atoms.